The number of anilines is 1. The first-order chi connectivity index (χ1) is 8.58. The Morgan fingerprint density at radius 3 is 2.67 bits per heavy atom. The van der Waals surface area contributed by atoms with Gasteiger partial charge in [-0.2, -0.15) is 5.26 Å². The maximum atomic E-state index is 9.90. The minimum atomic E-state index is -0.304. The molecule has 0 bridgehead atoms. The molecule has 1 fully saturated rings. The molecule has 4 nitrogen and oxygen atoms in total. The topological polar surface area (TPSA) is 56.5 Å². The van der Waals surface area contributed by atoms with Crippen LogP contribution in [0.2, 0.25) is 0 Å². The molecule has 2 rings (SSSR count). The van der Waals surface area contributed by atoms with Gasteiger partial charge in [0.2, 0.25) is 0 Å². The van der Waals surface area contributed by atoms with Crippen molar-refractivity contribution in [3.63, 3.8) is 0 Å². The number of nitrogens with zero attached hydrogens (tertiary/aromatic N) is 2. The Morgan fingerprint density at radius 2 is 2.17 bits per heavy atom. The molecular formula is C14H18N2O2. The lowest BCUT2D eigenvalue weighted by Gasteiger charge is -2.29. The fraction of sp³-hybridized carbons (Fsp3) is 0.500. The summed E-state index contributed by atoms with van der Waals surface area (Å²) in [5.41, 5.74) is 1.52. The summed E-state index contributed by atoms with van der Waals surface area (Å²) in [6.07, 6.45) is 0.463. The predicted octanol–water partition coefficient (Wildman–Crippen LogP) is 1.91. The number of ether oxygens (including phenoxy) is 1. The summed E-state index contributed by atoms with van der Waals surface area (Å²) in [5, 5.41) is 18.9. The van der Waals surface area contributed by atoms with Gasteiger partial charge in [0, 0.05) is 17.8 Å². The predicted molar refractivity (Wildman–Crippen MR) is 69.7 cm³/mol. The molecule has 0 aliphatic carbocycles. The molecule has 1 aromatic carbocycles. The van der Waals surface area contributed by atoms with Crippen molar-refractivity contribution < 1.29 is 9.84 Å². The number of aliphatic hydroxyl groups is 1. The zero-order chi connectivity index (χ0) is 13.3. The van der Waals surface area contributed by atoms with Crippen molar-refractivity contribution in [2.75, 3.05) is 12.0 Å². The highest BCUT2D eigenvalue weighted by Gasteiger charge is 2.35. The maximum absolute atomic E-state index is 9.90. The molecule has 1 heterocycles. The molecule has 0 amide bonds. The lowest BCUT2D eigenvalue weighted by molar-refractivity contribution is 0.168. The monoisotopic (exact) mass is 246 g/mol. The molecule has 3 atom stereocenters. The number of nitriles is 1. The second kappa shape index (κ2) is 4.87. The van der Waals surface area contributed by atoms with Gasteiger partial charge in [-0.3, -0.25) is 0 Å². The Hall–Kier alpha value is -1.73. The van der Waals surface area contributed by atoms with Crippen LogP contribution in [0, 0.1) is 11.3 Å². The van der Waals surface area contributed by atoms with Crippen LogP contribution in [0.5, 0.6) is 5.75 Å². The van der Waals surface area contributed by atoms with Gasteiger partial charge in [-0.25, -0.2) is 0 Å². The van der Waals surface area contributed by atoms with E-state index in [-0.39, 0.29) is 18.2 Å². The van der Waals surface area contributed by atoms with Crippen LogP contribution in [0.15, 0.2) is 18.2 Å². The number of benzene rings is 1. The average molecular weight is 246 g/mol. The molecule has 1 aliphatic heterocycles. The Labute approximate surface area is 107 Å². The van der Waals surface area contributed by atoms with Gasteiger partial charge in [0.05, 0.1) is 24.8 Å². The van der Waals surface area contributed by atoms with E-state index in [1.807, 2.05) is 19.1 Å². The molecular weight excluding hydrogens is 228 g/mol. The lowest BCUT2D eigenvalue weighted by Crippen LogP contribution is -2.35. The summed E-state index contributed by atoms with van der Waals surface area (Å²) in [4.78, 5) is 2.17. The van der Waals surface area contributed by atoms with E-state index >= 15 is 0 Å². The largest absolute Gasteiger partial charge is 0.495 e. The van der Waals surface area contributed by atoms with E-state index in [0.29, 0.717) is 11.3 Å². The third kappa shape index (κ3) is 2.02. The van der Waals surface area contributed by atoms with E-state index in [9.17, 15) is 5.11 Å². The maximum Gasteiger partial charge on any atom is 0.138 e. The van der Waals surface area contributed by atoms with Gasteiger partial charge in [0.1, 0.15) is 11.8 Å². The van der Waals surface area contributed by atoms with Crippen molar-refractivity contribution in [3.8, 4) is 11.8 Å². The van der Waals surface area contributed by atoms with Crippen LogP contribution < -0.4 is 9.64 Å². The quantitative estimate of drug-likeness (QED) is 0.866. The zero-order valence-electron chi connectivity index (χ0n) is 10.9. The standard InChI is InChI=1S/C14H18N2O2/c1-9-6-13(17)10(2)16(9)12-5-4-11(8-15)14(7-12)18-3/h4-5,7,9-10,13,17H,6H2,1-3H3. The fourth-order valence-corrected chi connectivity index (χ4v) is 2.67. The highest BCUT2D eigenvalue weighted by molar-refractivity contribution is 5.58. The molecule has 0 radical (unpaired) electrons. The number of aliphatic hydroxyl groups excluding tert-OH is 1. The Balaban J connectivity index is 2.37. The summed E-state index contributed by atoms with van der Waals surface area (Å²) >= 11 is 0. The summed E-state index contributed by atoms with van der Waals surface area (Å²) in [6, 6.07) is 8.00. The van der Waals surface area contributed by atoms with Crippen LogP contribution in [-0.2, 0) is 0 Å². The van der Waals surface area contributed by atoms with Crippen molar-refractivity contribution in [3.05, 3.63) is 23.8 Å². The average Bonchev–Trinajstić information content (AvgIpc) is 2.62. The smallest absolute Gasteiger partial charge is 0.138 e. The van der Waals surface area contributed by atoms with Gasteiger partial charge >= 0.3 is 0 Å². The summed E-state index contributed by atoms with van der Waals surface area (Å²) in [7, 11) is 1.56. The van der Waals surface area contributed by atoms with Gasteiger partial charge in [-0.15, -0.1) is 0 Å². The molecule has 1 aliphatic rings. The molecule has 1 N–H and O–H groups in total. The first-order valence-corrected chi connectivity index (χ1v) is 6.13. The molecule has 1 aromatic rings. The Kier molecular flexibility index (Phi) is 3.44. The van der Waals surface area contributed by atoms with Crippen LogP contribution in [0.1, 0.15) is 25.8 Å². The first-order valence-electron chi connectivity index (χ1n) is 6.13. The van der Waals surface area contributed by atoms with Gasteiger partial charge in [0.15, 0.2) is 0 Å². The molecule has 18 heavy (non-hydrogen) atoms. The third-order valence-electron chi connectivity index (χ3n) is 3.66. The van der Waals surface area contributed by atoms with E-state index in [2.05, 4.69) is 17.9 Å². The molecule has 96 valence electrons. The zero-order valence-corrected chi connectivity index (χ0v) is 10.9. The lowest BCUT2D eigenvalue weighted by atomic mass is 10.1. The fourth-order valence-electron chi connectivity index (χ4n) is 2.67. The van der Waals surface area contributed by atoms with Gasteiger partial charge in [0.25, 0.3) is 0 Å². The molecule has 0 spiro atoms. The van der Waals surface area contributed by atoms with E-state index in [0.717, 1.165) is 12.1 Å². The molecule has 0 saturated carbocycles. The van der Waals surface area contributed by atoms with Crippen LogP contribution in [0.25, 0.3) is 0 Å². The summed E-state index contributed by atoms with van der Waals surface area (Å²) < 4.78 is 5.22. The normalized spacial score (nSPS) is 27.1. The van der Waals surface area contributed by atoms with Crippen molar-refractivity contribution >= 4 is 5.69 Å². The Bertz CT molecular complexity index is 481. The molecule has 1 saturated heterocycles. The number of hydrogen-bond donors (Lipinski definition) is 1. The van der Waals surface area contributed by atoms with E-state index < -0.39 is 0 Å². The minimum Gasteiger partial charge on any atom is -0.495 e. The van der Waals surface area contributed by atoms with Crippen molar-refractivity contribution in [2.24, 2.45) is 0 Å². The van der Waals surface area contributed by atoms with E-state index in [4.69, 9.17) is 10.00 Å². The minimum absolute atomic E-state index is 0.0811. The van der Waals surface area contributed by atoms with Gasteiger partial charge < -0.3 is 14.7 Å². The van der Waals surface area contributed by atoms with E-state index in [1.165, 1.54) is 0 Å². The molecule has 4 heteroatoms. The number of rotatable bonds is 2. The van der Waals surface area contributed by atoms with Crippen LogP contribution in [0.3, 0.4) is 0 Å². The van der Waals surface area contributed by atoms with Crippen molar-refractivity contribution in [1.29, 1.82) is 5.26 Å². The summed E-state index contributed by atoms with van der Waals surface area (Å²) in [6.45, 7) is 4.11. The highest BCUT2D eigenvalue weighted by Crippen LogP contribution is 2.33. The highest BCUT2D eigenvalue weighted by atomic mass is 16.5. The SMILES string of the molecule is COc1cc(N2C(C)CC(O)C2C)ccc1C#N. The first kappa shape index (κ1) is 12.7. The summed E-state index contributed by atoms with van der Waals surface area (Å²) in [5.74, 6) is 0.579. The number of hydrogen-bond acceptors (Lipinski definition) is 4. The van der Waals surface area contributed by atoms with Gasteiger partial charge in [-0.1, -0.05) is 0 Å². The van der Waals surface area contributed by atoms with Crippen LogP contribution in [0.4, 0.5) is 5.69 Å². The second-order valence-corrected chi connectivity index (χ2v) is 4.80. The molecule has 3 unspecified atom stereocenters. The second-order valence-electron chi connectivity index (χ2n) is 4.80. The Morgan fingerprint density at radius 1 is 1.44 bits per heavy atom. The number of methoxy groups -OCH3 is 1. The van der Waals surface area contributed by atoms with Crippen molar-refractivity contribution in [1.82, 2.24) is 0 Å². The van der Waals surface area contributed by atoms with Crippen LogP contribution >= 0.6 is 0 Å². The van der Waals surface area contributed by atoms with Crippen molar-refractivity contribution in [2.45, 2.75) is 38.5 Å². The van der Waals surface area contributed by atoms with E-state index in [1.54, 1.807) is 13.2 Å². The third-order valence-corrected chi connectivity index (χ3v) is 3.66. The molecule has 0 aromatic heterocycles. The van der Waals surface area contributed by atoms with Crippen LogP contribution in [-0.4, -0.2) is 30.4 Å². The van der Waals surface area contributed by atoms with Gasteiger partial charge in [-0.05, 0) is 32.4 Å².